The van der Waals surface area contributed by atoms with Crippen molar-refractivity contribution in [3.05, 3.63) is 76.0 Å². The lowest BCUT2D eigenvalue weighted by molar-refractivity contribution is 0.245. The molecule has 0 saturated carbocycles. The van der Waals surface area contributed by atoms with E-state index in [1.54, 1.807) is 30.6 Å². The number of thiazole rings is 1. The molecule has 1 unspecified atom stereocenters. The number of hydrogen-bond donors (Lipinski definition) is 0. The smallest absolute Gasteiger partial charge is 0.140 e. The Morgan fingerprint density at radius 1 is 1.11 bits per heavy atom. The maximum Gasteiger partial charge on any atom is 0.140 e. The summed E-state index contributed by atoms with van der Waals surface area (Å²) in [4.78, 5) is 7.21. The molecule has 146 valence electrons. The van der Waals surface area contributed by atoms with Gasteiger partial charge in [-0.15, -0.1) is 11.3 Å². The molecule has 1 atom stereocenters. The average Bonchev–Trinajstić information content (AvgIpc) is 3.37. The maximum absolute atomic E-state index is 13.0. The van der Waals surface area contributed by atoms with E-state index in [1.807, 2.05) is 12.1 Å². The van der Waals surface area contributed by atoms with E-state index in [9.17, 15) is 4.39 Å². The van der Waals surface area contributed by atoms with Gasteiger partial charge >= 0.3 is 0 Å². The van der Waals surface area contributed by atoms with Crippen molar-refractivity contribution in [1.82, 2.24) is 9.88 Å². The van der Waals surface area contributed by atoms with Gasteiger partial charge in [0.05, 0.1) is 12.8 Å². The molecular formula is C22H23FN2O2S. The van der Waals surface area contributed by atoms with E-state index >= 15 is 0 Å². The van der Waals surface area contributed by atoms with Crippen LogP contribution in [0.25, 0.3) is 0 Å². The zero-order valence-electron chi connectivity index (χ0n) is 15.8. The summed E-state index contributed by atoms with van der Waals surface area (Å²) in [5.41, 5.74) is 2.40. The molecule has 0 aliphatic carbocycles. The van der Waals surface area contributed by atoms with Gasteiger partial charge in [-0.1, -0.05) is 12.1 Å². The highest BCUT2D eigenvalue weighted by molar-refractivity contribution is 7.09. The number of rotatable bonds is 7. The fourth-order valence-corrected chi connectivity index (χ4v) is 4.29. The topological polar surface area (TPSA) is 34.6 Å². The highest BCUT2D eigenvalue weighted by Gasteiger charge is 2.26. The zero-order valence-corrected chi connectivity index (χ0v) is 16.6. The zero-order chi connectivity index (χ0) is 19.3. The van der Waals surface area contributed by atoms with Gasteiger partial charge < -0.3 is 9.47 Å². The molecule has 2 heterocycles. The standard InChI is InChI=1S/C22H23FN2O2S/c1-26-19-8-4-16(5-9-19)21-3-2-12-25(21)13-18-15-28-22(24-18)14-27-20-10-6-17(23)7-11-20/h4-11,15,21H,2-3,12-14H2,1H3. The van der Waals surface area contributed by atoms with Crippen LogP contribution in [0, 0.1) is 5.82 Å². The van der Waals surface area contributed by atoms with Crippen LogP contribution in [0.3, 0.4) is 0 Å². The minimum Gasteiger partial charge on any atom is -0.497 e. The first-order chi connectivity index (χ1) is 13.7. The van der Waals surface area contributed by atoms with Crippen molar-refractivity contribution >= 4 is 11.3 Å². The van der Waals surface area contributed by atoms with Gasteiger partial charge in [-0.05, 0) is 61.3 Å². The molecule has 4 rings (SSSR count). The van der Waals surface area contributed by atoms with Crippen LogP contribution >= 0.6 is 11.3 Å². The predicted molar refractivity (Wildman–Crippen MR) is 108 cm³/mol. The maximum atomic E-state index is 13.0. The summed E-state index contributed by atoms with van der Waals surface area (Å²) >= 11 is 1.60. The number of ether oxygens (including phenoxy) is 2. The van der Waals surface area contributed by atoms with E-state index in [1.165, 1.54) is 24.1 Å². The van der Waals surface area contributed by atoms with Gasteiger partial charge in [0, 0.05) is 18.0 Å². The van der Waals surface area contributed by atoms with E-state index in [4.69, 9.17) is 14.5 Å². The fraction of sp³-hybridized carbons (Fsp3) is 0.318. The lowest BCUT2D eigenvalue weighted by atomic mass is 10.0. The van der Waals surface area contributed by atoms with Crippen LogP contribution in [0.2, 0.25) is 0 Å². The molecule has 1 saturated heterocycles. The summed E-state index contributed by atoms with van der Waals surface area (Å²) in [7, 11) is 1.69. The molecule has 0 bridgehead atoms. The third-order valence-electron chi connectivity index (χ3n) is 5.00. The Morgan fingerprint density at radius 2 is 1.86 bits per heavy atom. The second kappa shape index (κ2) is 8.71. The number of likely N-dealkylation sites (tertiary alicyclic amines) is 1. The molecule has 28 heavy (non-hydrogen) atoms. The number of halogens is 1. The first-order valence-electron chi connectivity index (χ1n) is 9.41. The number of methoxy groups -OCH3 is 1. The van der Waals surface area contributed by atoms with Crippen LogP contribution in [0.5, 0.6) is 11.5 Å². The first kappa shape index (κ1) is 18.9. The number of aromatic nitrogens is 1. The Kier molecular flexibility index (Phi) is 5.88. The molecule has 1 aliphatic rings. The van der Waals surface area contributed by atoms with Crippen LogP contribution in [0.4, 0.5) is 4.39 Å². The Balaban J connectivity index is 1.36. The lowest BCUT2D eigenvalue weighted by Gasteiger charge is -2.24. The molecule has 6 heteroatoms. The van der Waals surface area contributed by atoms with Crippen LogP contribution in [-0.4, -0.2) is 23.5 Å². The van der Waals surface area contributed by atoms with Gasteiger partial charge in [-0.25, -0.2) is 9.37 Å². The second-order valence-corrected chi connectivity index (χ2v) is 7.82. The molecule has 0 N–H and O–H groups in total. The second-order valence-electron chi connectivity index (χ2n) is 6.88. The van der Waals surface area contributed by atoms with Gasteiger partial charge in [-0.3, -0.25) is 4.90 Å². The Morgan fingerprint density at radius 3 is 2.61 bits per heavy atom. The van der Waals surface area contributed by atoms with E-state index in [0.717, 1.165) is 36.0 Å². The molecule has 4 nitrogen and oxygen atoms in total. The van der Waals surface area contributed by atoms with E-state index < -0.39 is 0 Å². The van der Waals surface area contributed by atoms with Crippen LogP contribution in [0.15, 0.2) is 53.9 Å². The normalized spacial score (nSPS) is 17.0. The van der Waals surface area contributed by atoms with Crippen molar-refractivity contribution in [3.63, 3.8) is 0 Å². The summed E-state index contributed by atoms with van der Waals surface area (Å²) < 4.78 is 23.9. The highest BCUT2D eigenvalue weighted by atomic mass is 32.1. The Bertz CT molecular complexity index is 896. The molecule has 1 aliphatic heterocycles. The summed E-state index contributed by atoms with van der Waals surface area (Å²) in [5.74, 6) is 1.27. The minimum absolute atomic E-state index is 0.263. The third kappa shape index (κ3) is 4.51. The molecular weight excluding hydrogens is 375 g/mol. The summed E-state index contributed by atoms with van der Waals surface area (Å²) in [6.45, 7) is 2.32. The largest absolute Gasteiger partial charge is 0.497 e. The number of nitrogens with zero attached hydrogens (tertiary/aromatic N) is 2. The molecule has 0 radical (unpaired) electrons. The fourth-order valence-electron chi connectivity index (χ4n) is 3.59. The van der Waals surface area contributed by atoms with Gasteiger partial charge in [0.15, 0.2) is 0 Å². The molecule has 1 fully saturated rings. The van der Waals surface area contributed by atoms with Gasteiger partial charge in [-0.2, -0.15) is 0 Å². The van der Waals surface area contributed by atoms with Crippen molar-refractivity contribution in [2.45, 2.75) is 32.0 Å². The van der Waals surface area contributed by atoms with Gasteiger partial charge in [0.1, 0.15) is 28.9 Å². The average molecular weight is 399 g/mol. The van der Waals surface area contributed by atoms with Gasteiger partial charge in [0.25, 0.3) is 0 Å². The predicted octanol–water partition coefficient (Wildman–Crippen LogP) is 5.21. The monoisotopic (exact) mass is 398 g/mol. The molecule has 1 aromatic heterocycles. The van der Waals surface area contributed by atoms with Crippen LogP contribution < -0.4 is 9.47 Å². The number of benzene rings is 2. The summed E-state index contributed by atoms with van der Waals surface area (Å²) in [5, 5.41) is 3.03. The molecule has 2 aromatic carbocycles. The van der Waals surface area contributed by atoms with Crippen molar-refractivity contribution < 1.29 is 13.9 Å². The lowest BCUT2D eigenvalue weighted by Crippen LogP contribution is -2.23. The highest BCUT2D eigenvalue weighted by Crippen LogP contribution is 2.34. The van der Waals surface area contributed by atoms with E-state index in [0.29, 0.717) is 18.4 Å². The van der Waals surface area contributed by atoms with Crippen molar-refractivity contribution in [3.8, 4) is 11.5 Å². The third-order valence-corrected chi connectivity index (χ3v) is 5.88. The summed E-state index contributed by atoms with van der Waals surface area (Å²) in [6.07, 6.45) is 2.36. The van der Waals surface area contributed by atoms with Crippen molar-refractivity contribution in [2.75, 3.05) is 13.7 Å². The van der Waals surface area contributed by atoms with E-state index in [2.05, 4.69) is 22.4 Å². The minimum atomic E-state index is -0.263. The molecule has 3 aromatic rings. The van der Waals surface area contributed by atoms with E-state index in [-0.39, 0.29) is 5.82 Å². The van der Waals surface area contributed by atoms with Crippen molar-refractivity contribution in [2.24, 2.45) is 0 Å². The van der Waals surface area contributed by atoms with Gasteiger partial charge in [0.2, 0.25) is 0 Å². The van der Waals surface area contributed by atoms with Crippen LogP contribution in [-0.2, 0) is 13.2 Å². The first-order valence-corrected chi connectivity index (χ1v) is 10.3. The quantitative estimate of drug-likeness (QED) is 0.547. The molecule has 0 spiro atoms. The van der Waals surface area contributed by atoms with Crippen LogP contribution in [0.1, 0.15) is 35.1 Å². The number of hydrogen-bond acceptors (Lipinski definition) is 5. The SMILES string of the molecule is COc1ccc(C2CCCN2Cc2csc(COc3ccc(F)cc3)n2)cc1. The Labute approximate surface area is 168 Å². The molecule has 0 amide bonds. The Hall–Kier alpha value is -2.44. The van der Waals surface area contributed by atoms with Crippen molar-refractivity contribution in [1.29, 1.82) is 0 Å². The summed E-state index contributed by atoms with van der Waals surface area (Å²) in [6, 6.07) is 14.9.